The van der Waals surface area contributed by atoms with Crippen molar-refractivity contribution in [1.29, 1.82) is 0 Å². The van der Waals surface area contributed by atoms with Gasteiger partial charge in [0.1, 0.15) is 0 Å². The Kier molecular flexibility index (Phi) is 3.88. The number of para-hydroxylation sites is 1. The van der Waals surface area contributed by atoms with Crippen molar-refractivity contribution in [2.24, 2.45) is 17.8 Å². The molecule has 0 heterocycles. The van der Waals surface area contributed by atoms with E-state index in [0.717, 1.165) is 5.69 Å². The van der Waals surface area contributed by atoms with E-state index in [9.17, 15) is 14.7 Å². The molecule has 1 amide bonds. The molecule has 0 bridgehead atoms. The van der Waals surface area contributed by atoms with E-state index in [0.29, 0.717) is 18.8 Å². The second kappa shape index (κ2) is 5.43. The summed E-state index contributed by atoms with van der Waals surface area (Å²) in [5.41, 5.74) is 0.802. The number of hydrogen-bond acceptors (Lipinski definition) is 2. The van der Waals surface area contributed by atoms with Crippen LogP contribution in [0.2, 0.25) is 0 Å². The molecule has 0 saturated heterocycles. The summed E-state index contributed by atoms with van der Waals surface area (Å²) in [4.78, 5) is 25.3. The van der Waals surface area contributed by atoms with Crippen molar-refractivity contribution in [3.8, 4) is 0 Å². The molecule has 3 unspecified atom stereocenters. The number of carbonyl (C=O) groups is 2. The summed E-state index contributed by atoms with van der Waals surface area (Å²) in [7, 11) is 1.71. The number of carboxylic acids is 1. The minimum Gasteiger partial charge on any atom is -0.481 e. The van der Waals surface area contributed by atoms with Crippen molar-refractivity contribution in [3.05, 3.63) is 30.3 Å². The maximum atomic E-state index is 12.5. The summed E-state index contributed by atoms with van der Waals surface area (Å²) < 4.78 is 0. The highest BCUT2D eigenvalue weighted by atomic mass is 16.4. The monoisotopic (exact) mass is 261 g/mol. The number of carbonyl (C=O) groups excluding carboxylic acids is 1. The zero-order chi connectivity index (χ0) is 14.0. The Balaban J connectivity index is 2.17. The summed E-state index contributed by atoms with van der Waals surface area (Å²) in [5.74, 6) is -1.61. The van der Waals surface area contributed by atoms with Gasteiger partial charge in [-0.15, -0.1) is 0 Å². The van der Waals surface area contributed by atoms with Gasteiger partial charge in [0.25, 0.3) is 0 Å². The molecule has 0 aromatic heterocycles. The van der Waals surface area contributed by atoms with Gasteiger partial charge in [-0.05, 0) is 30.9 Å². The zero-order valence-electron chi connectivity index (χ0n) is 11.2. The summed E-state index contributed by atoms with van der Waals surface area (Å²) in [6, 6.07) is 9.33. The van der Waals surface area contributed by atoms with Gasteiger partial charge in [-0.25, -0.2) is 0 Å². The fourth-order valence-electron chi connectivity index (χ4n) is 2.87. The molecule has 4 heteroatoms. The topological polar surface area (TPSA) is 57.6 Å². The van der Waals surface area contributed by atoms with Crippen LogP contribution >= 0.6 is 0 Å². The minimum absolute atomic E-state index is 0.0945. The van der Waals surface area contributed by atoms with E-state index in [1.807, 2.05) is 37.3 Å². The number of carboxylic acid groups (broad SMARTS) is 1. The van der Waals surface area contributed by atoms with Gasteiger partial charge >= 0.3 is 5.97 Å². The first-order chi connectivity index (χ1) is 9.00. The average molecular weight is 261 g/mol. The summed E-state index contributed by atoms with van der Waals surface area (Å²) in [6.07, 6.45) is 1.25. The Labute approximate surface area is 113 Å². The lowest BCUT2D eigenvalue weighted by atomic mass is 9.94. The van der Waals surface area contributed by atoms with Crippen LogP contribution in [0.25, 0.3) is 0 Å². The van der Waals surface area contributed by atoms with Gasteiger partial charge in [0.15, 0.2) is 0 Å². The molecule has 0 spiro atoms. The molecule has 2 rings (SSSR count). The summed E-state index contributed by atoms with van der Waals surface area (Å²) in [5, 5.41) is 9.23. The lowest BCUT2D eigenvalue weighted by Gasteiger charge is -2.23. The Bertz CT molecular complexity index is 472. The van der Waals surface area contributed by atoms with Gasteiger partial charge in [0.2, 0.25) is 5.91 Å². The van der Waals surface area contributed by atoms with E-state index in [4.69, 9.17) is 0 Å². The molecule has 1 aliphatic carbocycles. The average Bonchev–Trinajstić information content (AvgIpc) is 2.80. The normalized spacial score (nSPS) is 26.1. The van der Waals surface area contributed by atoms with Gasteiger partial charge in [0, 0.05) is 12.7 Å². The smallest absolute Gasteiger partial charge is 0.307 e. The SMILES string of the molecule is CC1CC(C(=O)O)C(C(=O)N(C)c2ccccc2)C1. The van der Waals surface area contributed by atoms with Crippen LogP contribution in [0.15, 0.2) is 30.3 Å². The van der Waals surface area contributed by atoms with E-state index < -0.39 is 17.8 Å². The van der Waals surface area contributed by atoms with Crippen LogP contribution in [0, 0.1) is 17.8 Å². The highest BCUT2D eigenvalue weighted by Crippen LogP contribution is 2.37. The predicted octanol–water partition coefficient (Wildman–Crippen LogP) is 2.40. The third kappa shape index (κ3) is 2.78. The highest BCUT2D eigenvalue weighted by Gasteiger charge is 2.42. The van der Waals surface area contributed by atoms with Crippen molar-refractivity contribution >= 4 is 17.6 Å². The first-order valence-electron chi connectivity index (χ1n) is 6.56. The number of amides is 1. The van der Waals surface area contributed by atoms with Crippen LogP contribution in [0.3, 0.4) is 0 Å². The first-order valence-corrected chi connectivity index (χ1v) is 6.56. The number of hydrogen-bond donors (Lipinski definition) is 1. The van der Waals surface area contributed by atoms with Crippen LogP contribution in [0.5, 0.6) is 0 Å². The number of anilines is 1. The molecule has 0 radical (unpaired) electrons. The Morgan fingerprint density at radius 1 is 1.16 bits per heavy atom. The van der Waals surface area contributed by atoms with E-state index in [1.165, 1.54) is 0 Å². The minimum atomic E-state index is -0.857. The lowest BCUT2D eigenvalue weighted by molar-refractivity contribution is -0.145. The molecule has 1 aromatic carbocycles. The molecule has 1 aromatic rings. The fraction of sp³-hybridized carbons (Fsp3) is 0.467. The number of aliphatic carboxylic acids is 1. The molecule has 4 nitrogen and oxygen atoms in total. The van der Waals surface area contributed by atoms with Gasteiger partial charge in [-0.1, -0.05) is 25.1 Å². The quantitative estimate of drug-likeness (QED) is 0.909. The molecule has 0 aliphatic heterocycles. The summed E-state index contributed by atoms with van der Waals surface area (Å²) >= 11 is 0. The van der Waals surface area contributed by atoms with Crippen LogP contribution in [0.1, 0.15) is 19.8 Å². The van der Waals surface area contributed by atoms with Crippen LogP contribution in [-0.2, 0) is 9.59 Å². The molecule has 1 aliphatic rings. The van der Waals surface area contributed by atoms with Crippen molar-refractivity contribution in [1.82, 2.24) is 0 Å². The zero-order valence-corrected chi connectivity index (χ0v) is 11.2. The Hall–Kier alpha value is -1.84. The molecule has 1 fully saturated rings. The van der Waals surface area contributed by atoms with Crippen LogP contribution < -0.4 is 4.90 Å². The van der Waals surface area contributed by atoms with Crippen LogP contribution in [-0.4, -0.2) is 24.0 Å². The van der Waals surface area contributed by atoms with Crippen molar-refractivity contribution in [2.45, 2.75) is 19.8 Å². The molecule has 1 saturated carbocycles. The number of rotatable bonds is 3. The van der Waals surface area contributed by atoms with Gasteiger partial charge in [-0.2, -0.15) is 0 Å². The maximum Gasteiger partial charge on any atom is 0.307 e. The van der Waals surface area contributed by atoms with E-state index in [1.54, 1.807) is 11.9 Å². The molecule has 102 valence electrons. The Morgan fingerprint density at radius 2 is 1.74 bits per heavy atom. The standard InChI is InChI=1S/C15H19NO3/c1-10-8-12(13(9-10)15(18)19)14(17)16(2)11-6-4-3-5-7-11/h3-7,10,12-13H,8-9H2,1-2H3,(H,18,19). The third-order valence-electron chi connectivity index (χ3n) is 3.91. The van der Waals surface area contributed by atoms with Gasteiger partial charge in [0.05, 0.1) is 11.8 Å². The summed E-state index contributed by atoms with van der Waals surface area (Å²) in [6.45, 7) is 2.01. The second-order valence-corrected chi connectivity index (χ2v) is 5.36. The molecule has 3 atom stereocenters. The highest BCUT2D eigenvalue weighted by molar-refractivity contribution is 5.97. The Morgan fingerprint density at radius 3 is 2.32 bits per heavy atom. The second-order valence-electron chi connectivity index (χ2n) is 5.36. The molecule has 19 heavy (non-hydrogen) atoms. The molecular formula is C15H19NO3. The van der Waals surface area contributed by atoms with E-state index in [2.05, 4.69) is 0 Å². The van der Waals surface area contributed by atoms with Crippen molar-refractivity contribution < 1.29 is 14.7 Å². The van der Waals surface area contributed by atoms with Crippen LogP contribution in [0.4, 0.5) is 5.69 Å². The molecular weight excluding hydrogens is 242 g/mol. The van der Waals surface area contributed by atoms with E-state index in [-0.39, 0.29) is 5.91 Å². The van der Waals surface area contributed by atoms with Crippen molar-refractivity contribution in [3.63, 3.8) is 0 Å². The largest absolute Gasteiger partial charge is 0.481 e. The van der Waals surface area contributed by atoms with Gasteiger partial charge in [-0.3, -0.25) is 9.59 Å². The molecule has 1 N–H and O–H groups in total. The van der Waals surface area contributed by atoms with Gasteiger partial charge < -0.3 is 10.0 Å². The predicted molar refractivity (Wildman–Crippen MR) is 72.9 cm³/mol. The fourth-order valence-corrected chi connectivity index (χ4v) is 2.87. The number of benzene rings is 1. The third-order valence-corrected chi connectivity index (χ3v) is 3.91. The number of nitrogens with zero attached hydrogens (tertiary/aromatic N) is 1. The van der Waals surface area contributed by atoms with E-state index >= 15 is 0 Å². The maximum absolute atomic E-state index is 12.5. The lowest BCUT2D eigenvalue weighted by Crippen LogP contribution is -2.36. The van der Waals surface area contributed by atoms with Crippen molar-refractivity contribution in [2.75, 3.05) is 11.9 Å². The first kappa shape index (κ1) is 13.6.